The second-order valence-corrected chi connectivity index (χ2v) is 6.34. The number of carbonyl (C=O) groups excluding carboxylic acids is 1. The van der Waals surface area contributed by atoms with E-state index in [-0.39, 0.29) is 12.5 Å². The highest BCUT2D eigenvalue weighted by atomic mass is 35.5. The molecule has 0 saturated heterocycles. The van der Waals surface area contributed by atoms with Gasteiger partial charge in [0.2, 0.25) is 0 Å². The number of halogens is 1. The highest BCUT2D eigenvalue weighted by molar-refractivity contribution is 6.34. The van der Waals surface area contributed by atoms with Gasteiger partial charge in [-0.1, -0.05) is 11.6 Å². The summed E-state index contributed by atoms with van der Waals surface area (Å²) in [5.74, 6) is 1.88. The van der Waals surface area contributed by atoms with E-state index in [1.165, 1.54) is 0 Å². The summed E-state index contributed by atoms with van der Waals surface area (Å²) in [6.07, 6.45) is 0. The van der Waals surface area contributed by atoms with Crippen molar-refractivity contribution < 1.29 is 23.8 Å². The van der Waals surface area contributed by atoms with Gasteiger partial charge in [0, 0.05) is 11.1 Å². The maximum atomic E-state index is 12.6. The maximum absolute atomic E-state index is 12.6. The maximum Gasteiger partial charge on any atom is 0.255 e. The molecule has 2 aromatic carbocycles. The third-order valence-electron chi connectivity index (χ3n) is 4.12. The van der Waals surface area contributed by atoms with E-state index in [2.05, 4.69) is 5.32 Å². The molecule has 1 aliphatic heterocycles. The van der Waals surface area contributed by atoms with Crippen LogP contribution >= 0.6 is 11.6 Å². The number of anilines is 1. The molecule has 0 atom stereocenters. The Labute approximate surface area is 160 Å². The molecule has 2 heterocycles. The number of fused-ring (bicyclic) bond motifs is 1. The molecule has 0 unspecified atom stereocenters. The Morgan fingerprint density at radius 3 is 2.63 bits per heavy atom. The lowest BCUT2D eigenvalue weighted by atomic mass is 10.1. The topological polar surface area (TPSA) is 80.9 Å². The fourth-order valence-electron chi connectivity index (χ4n) is 2.77. The van der Waals surface area contributed by atoms with E-state index in [0.717, 1.165) is 5.56 Å². The van der Waals surface area contributed by atoms with Crippen LogP contribution in [-0.2, 0) is 6.61 Å². The van der Waals surface area contributed by atoms with Crippen molar-refractivity contribution in [3.8, 4) is 22.8 Å². The first-order valence-corrected chi connectivity index (χ1v) is 8.72. The number of amides is 1. The third kappa shape index (κ3) is 3.63. The number of hydrogen-bond donors (Lipinski definition) is 2. The molecule has 1 aromatic heterocycles. The summed E-state index contributed by atoms with van der Waals surface area (Å²) in [5, 5.41) is 12.3. The Hall–Kier alpha value is -2.96. The summed E-state index contributed by atoms with van der Waals surface area (Å²) in [5.41, 5.74) is 1.62. The molecule has 0 aliphatic carbocycles. The molecule has 1 aliphatic rings. The average molecular weight is 386 g/mol. The zero-order valence-corrected chi connectivity index (χ0v) is 15.0. The summed E-state index contributed by atoms with van der Waals surface area (Å²) < 4.78 is 16.5. The number of benzene rings is 2. The zero-order valence-electron chi connectivity index (χ0n) is 14.2. The molecule has 0 spiro atoms. The van der Waals surface area contributed by atoms with Crippen molar-refractivity contribution in [3.63, 3.8) is 0 Å². The average Bonchev–Trinajstić information content (AvgIpc) is 3.18. The minimum absolute atomic E-state index is 0.179. The van der Waals surface area contributed by atoms with E-state index in [1.54, 1.807) is 48.5 Å². The van der Waals surface area contributed by atoms with Crippen LogP contribution in [0, 0.1) is 0 Å². The Balaban J connectivity index is 1.58. The predicted molar refractivity (Wildman–Crippen MR) is 100 cm³/mol. The summed E-state index contributed by atoms with van der Waals surface area (Å²) in [7, 11) is 0. The van der Waals surface area contributed by atoms with Crippen molar-refractivity contribution in [1.82, 2.24) is 0 Å². The van der Waals surface area contributed by atoms with Gasteiger partial charge in [0.1, 0.15) is 31.3 Å². The van der Waals surface area contributed by atoms with E-state index >= 15 is 0 Å². The predicted octanol–water partition coefficient (Wildman–Crippen LogP) is 4.12. The Morgan fingerprint density at radius 2 is 1.85 bits per heavy atom. The highest BCUT2D eigenvalue weighted by Gasteiger charge is 2.16. The van der Waals surface area contributed by atoms with E-state index in [1.807, 2.05) is 0 Å². The van der Waals surface area contributed by atoms with Gasteiger partial charge < -0.3 is 24.3 Å². The van der Waals surface area contributed by atoms with Gasteiger partial charge in [0.25, 0.3) is 5.91 Å². The Morgan fingerprint density at radius 1 is 1.04 bits per heavy atom. The summed E-state index contributed by atoms with van der Waals surface area (Å²) in [4.78, 5) is 12.6. The fraction of sp³-hybridized carbons (Fsp3) is 0.150. The molecule has 2 N–H and O–H groups in total. The van der Waals surface area contributed by atoms with Crippen LogP contribution in [0.25, 0.3) is 11.3 Å². The molecular formula is C20H16ClNO5. The summed E-state index contributed by atoms with van der Waals surface area (Å²) >= 11 is 6.23. The molecule has 0 radical (unpaired) electrons. The van der Waals surface area contributed by atoms with Crippen molar-refractivity contribution >= 4 is 23.2 Å². The van der Waals surface area contributed by atoms with Gasteiger partial charge in [0.15, 0.2) is 11.5 Å². The SMILES string of the molecule is O=C(Nc1cc(-c2ccc(CO)o2)ccc1Cl)c1ccc2c(c1)OCCO2. The largest absolute Gasteiger partial charge is 0.486 e. The Kier molecular flexibility index (Phi) is 4.75. The second kappa shape index (κ2) is 7.34. The number of carbonyl (C=O) groups is 1. The third-order valence-corrected chi connectivity index (χ3v) is 4.45. The van der Waals surface area contributed by atoms with Crippen LogP contribution in [0.2, 0.25) is 5.02 Å². The van der Waals surface area contributed by atoms with Crippen LogP contribution < -0.4 is 14.8 Å². The zero-order chi connectivity index (χ0) is 18.8. The molecule has 4 rings (SSSR count). The molecule has 0 fully saturated rings. The van der Waals surface area contributed by atoms with Crippen molar-refractivity contribution in [2.45, 2.75) is 6.61 Å². The minimum Gasteiger partial charge on any atom is -0.486 e. The number of nitrogens with one attached hydrogen (secondary N) is 1. The first kappa shape index (κ1) is 17.5. The molecule has 0 bridgehead atoms. The fourth-order valence-corrected chi connectivity index (χ4v) is 2.94. The normalized spacial score (nSPS) is 12.7. The van der Waals surface area contributed by atoms with Gasteiger partial charge in [-0.05, 0) is 48.5 Å². The van der Waals surface area contributed by atoms with Crippen LogP contribution in [0.3, 0.4) is 0 Å². The van der Waals surface area contributed by atoms with Gasteiger partial charge in [-0.2, -0.15) is 0 Å². The van der Waals surface area contributed by atoms with Gasteiger partial charge in [0.05, 0.1) is 10.7 Å². The van der Waals surface area contributed by atoms with Crippen molar-refractivity contribution in [3.05, 3.63) is 64.9 Å². The van der Waals surface area contributed by atoms with Crippen molar-refractivity contribution in [2.75, 3.05) is 18.5 Å². The van der Waals surface area contributed by atoms with E-state index in [9.17, 15) is 4.79 Å². The molecule has 1 amide bonds. The standard InChI is InChI=1S/C20H16ClNO5/c21-15-4-1-12(17-6-3-14(11-23)27-17)9-16(15)22-20(24)13-2-5-18-19(10-13)26-8-7-25-18/h1-6,9-10,23H,7-8,11H2,(H,22,24). The molecule has 6 nitrogen and oxygen atoms in total. The lowest BCUT2D eigenvalue weighted by Gasteiger charge is -2.18. The Bertz CT molecular complexity index is 998. The van der Waals surface area contributed by atoms with Gasteiger partial charge >= 0.3 is 0 Å². The smallest absolute Gasteiger partial charge is 0.255 e. The van der Waals surface area contributed by atoms with Crippen molar-refractivity contribution in [1.29, 1.82) is 0 Å². The van der Waals surface area contributed by atoms with Gasteiger partial charge in [-0.15, -0.1) is 0 Å². The van der Waals surface area contributed by atoms with Crippen LogP contribution in [0.5, 0.6) is 11.5 Å². The lowest BCUT2D eigenvalue weighted by Crippen LogP contribution is -2.17. The number of furan rings is 1. The molecular weight excluding hydrogens is 370 g/mol. The van der Waals surface area contributed by atoms with E-state index in [4.69, 9.17) is 30.6 Å². The monoisotopic (exact) mass is 385 g/mol. The number of ether oxygens (including phenoxy) is 2. The summed E-state index contributed by atoms with van der Waals surface area (Å²) in [6, 6.07) is 13.6. The van der Waals surface area contributed by atoms with Crippen LogP contribution in [0.1, 0.15) is 16.1 Å². The lowest BCUT2D eigenvalue weighted by molar-refractivity contribution is 0.102. The minimum atomic E-state index is -0.318. The molecule has 7 heteroatoms. The van der Waals surface area contributed by atoms with E-state index in [0.29, 0.717) is 52.5 Å². The van der Waals surface area contributed by atoms with Crippen LogP contribution in [0.15, 0.2) is 52.9 Å². The van der Waals surface area contributed by atoms with Crippen molar-refractivity contribution in [2.24, 2.45) is 0 Å². The highest BCUT2D eigenvalue weighted by Crippen LogP contribution is 2.33. The summed E-state index contributed by atoms with van der Waals surface area (Å²) in [6.45, 7) is 0.762. The van der Waals surface area contributed by atoms with Crippen LogP contribution in [0.4, 0.5) is 5.69 Å². The second-order valence-electron chi connectivity index (χ2n) is 5.93. The molecule has 3 aromatic rings. The number of hydrogen-bond acceptors (Lipinski definition) is 5. The number of rotatable bonds is 4. The van der Waals surface area contributed by atoms with Crippen LogP contribution in [-0.4, -0.2) is 24.2 Å². The first-order valence-electron chi connectivity index (χ1n) is 8.34. The van der Waals surface area contributed by atoms with E-state index < -0.39 is 0 Å². The molecule has 138 valence electrons. The van der Waals surface area contributed by atoms with Gasteiger partial charge in [-0.25, -0.2) is 0 Å². The number of aliphatic hydroxyl groups is 1. The quantitative estimate of drug-likeness (QED) is 0.706. The number of aliphatic hydroxyl groups excluding tert-OH is 1. The molecule has 0 saturated carbocycles. The first-order chi connectivity index (χ1) is 13.1. The van der Waals surface area contributed by atoms with Gasteiger partial charge in [-0.3, -0.25) is 4.79 Å². The molecule has 27 heavy (non-hydrogen) atoms.